The van der Waals surface area contributed by atoms with Crippen LogP contribution >= 0.6 is 11.7 Å². The van der Waals surface area contributed by atoms with Crippen LogP contribution in [0.3, 0.4) is 0 Å². The Morgan fingerprint density at radius 2 is 1.46 bits per heavy atom. The molecule has 0 radical (unpaired) electrons. The molecule has 10 heteroatoms. The summed E-state index contributed by atoms with van der Waals surface area (Å²) in [6.07, 6.45) is 0.0503. The summed E-state index contributed by atoms with van der Waals surface area (Å²) in [6, 6.07) is 15.0. The molecule has 0 spiro atoms. The molecule has 0 saturated carbocycles. The molecule has 4 aromatic rings. The molecule has 0 fully saturated rings. The third kappa shape index (κ3) is 6.02. The minimum absolute atomic E-state index is 0. The molecule has 0 bridgehead atoms. The molecule has 1 heterocycles. The first-order valence-corrected chi connectivity index (χ1v) is 11.7. The van der Waals surface area contributed by atoms with Crippen LogP contribution in [0.5, 0.6) is 17.2 Å². The molecule has 37 heavy (non-hydrogen) atoms. The zero-order valence-electron chi connectivity index (χ0n) is 21.2. The van der Waals surface area contributed by atoms with E-state index in [0.29, 0.717) is 33.8 Å². The molecule has 0 N–H and O–H groups in total. The van der Waals surface area contributed by atoms with Gasteiger partial charge in [0.05, 0.1) is 39.0 Å². The number of allylic oxidation sites excluding steroid dienone is 1. The molecule has 0 aliphatic carbocycles. The van der Waals surface area contributed by atoms with Crippen LogP contribution in [-0.2, 0) is 11.2 Å². The van der Waals surface area contributed by atoms with Gasteiger partial charge < -0.3 is 24.1 Å². The summed E-state index contributed by atoms with van der Waals surface area (Å²) in [5, 5.41) is 12.5. The van der Waals surface area contributed by atoms with Crippen molar-refractivity contribution in [2.75, 3.05) is 21.3 Å². The molecule has 184 valence electrons. The fraction of sp³-hybridized carbons (Fsp3) is 0.185. The van der Waals surface area contributed by atoms with Crippen molar-refractivity contribution >= 4 is 40.1 Å². The standard InChI is InChI=1S/C27H24N2O6S.Na/c1-15-11-16(5-9-22(15)33-2)12-19(26(30)18-7-10-23(34-3)24(14-18)35-4)25(27(31)32)17-6-8-20-21(13-17)29-36-28-20;/h5-11,13-14H,12H2,1-4H3,(H,31,32);/q;+1/p-1/b25-19+;. The van der Waals surface area contributed by atoms with Crippen molar-refractivity contribution in [1.29, 1.82) is 0 Å². The molecule has 0 aliphatic heterocycles. The Hall–Kier alpha value is -3.24. The number of carboxylic acids is 1. The molecular formula is C27H23N2NaO6S. The number of nitrogens with zero attached hydrogens (tertiary/aromatic N) is 2. The number of aryl methyl sites for hydroxylation is 1. The summed E-state index contributed by atoms with van der Waals surface area (Å²) in [5.41, 5.74) is 3.19. The number of carbonyl (C=O) groups is 2. The number of hydrogen-bond acceptors (Lipinski definition) is 9. The molecule has 3 aromatic carbocycles. The number of aromatic nitrogens is 2. The van der Waals surface area contributed by atoms with E-state index in [1.165, 1.54) is 20.3 Å². The van der Waals surface area contributed by atoms with E-state index < -0.39 is 11.8 Å². The Bertz CT molecular complexity index is 1500. The van der Waals surface area contributed by atoms with Crippen LogP contribution in [0.1, 0.15) is 27.0 Å². The molecular weight excluding hydrogens is 503 g/mol. The molecule has 8 nitrogen and oxygen atoms in total. The van der Waals surface area contributed by atoms with Crippen molar-refractivity contribution in [3.63, 3.8) is 0 Å². The van der Waals surface area contributed by atoms with Gasteiger partial charge in [0, 0.05) is 23.1 Å². The van der Waals surface area contributed by atoms with Crippen LogP contribution in [0, 0.1) is 6.92 Å². The summed E-state index contributed by atoms with van der Waals surface area (Å²) in [7, 11) is 4.53. The van der Waals surface area contributed by atoms with Crippen molar-refractivity contribution in [3.05, 3.63) is 82.4 Å². The largest absolute Gasteiger partial charge is 1.00 e. The average Bonchev–Trinajstić information content (AvgIpc) is 3.35. The number of aliphatic carboxylic acids is 1. The first kappa shape index (κ1) is 28.3. The number of rotatable bonds is 9. The molecule has 0 atom stereocenters. The maximum atomic E-state index is 13.9. The van der Waals surface area contributed by atoms with Gasteiger partial charge in [-0.25, -0.2) is 0 Å². The van der Waals surface area contributed by atoms with Gasteiger partial charge in [0.2, 0.25) is 0 Å². The Morgan fingerprint density at radius 1 is 0.811 bits per heavy atom. The second-order valence-electron chi connectivity index (χ2n) is 7.99. The fourth-order valence-corrected chi connectivity index (χ4v) is 4.56. The number of fused-ring (bicyclic) bond motifs is 1. The smallest absolute Gasteiger partial charge is 0.545 e. The van der Waals surface area contributed by atoms with Crippen LogP contribution in [0.25, 0.3) is 16.6 Å². The monoisotopic (exact) mass is 526 g/mol. The van der Waals surface area contributed by atoms with Crippen LogP contribution in [0.2, 0.25) is 0 Å². The second-order valence-corrected chi connectivity index (χ2v) is 8.52. The molecule has 4 rings (SSSR count). The van der Waals surface area contributed by atoms with Gasteiger partial charge in [-0.1, -0.05) is 18.2 Å². The van der Waals surface area contributed by atoms with Gasteiger partial charge in [-0.2, -0.15) is 8.75 Å². The van der Waals surface area contributed by atoms with Gasteiger partial charge >= 0.3 is 29.6 Å². The summed E-state index contributed by atoms with van der Waals surface area (Å²) in [6.45, 7) is 1.88. The number of methoxy groups -OCH3 is 3. The normalized spacial score (nSPS) is 11.4. The summed E-state index contributed by atoms with van der Waals surface area (Å²) >= 11 is 1.02. The van der Waals surface area contributed by atoms with E-state index in [4.69, 9.17) is 14.2 Å². The maximum absolute atomic E-state index is 13.9. The molecule has 0 amide bonds. The SMILES string of the molecule is COc1ccc(C/C(C(=O)c2ccc(OC)c(OC)c2)=C(\C(=O)[O-])c2ccc3nsnc3c2)cc1C.[Na+]. The first-order chi connectivity index (χ1) is 17.4. The summed E-state index contributed by atoms with van der Waals surface area (Å²) in [5.74, 6) is -0.441. The molecule has 0 aliphatic rings. The van der Waals surface area contributed by atoms with Gasteiger partial charge in [0.1, 0.15) is 16.8 Å². The molecule has 0 unspecified atom stereocenters. The van der Waals surface area contributed by atoms with Gasteiger partial charge in [-0.15, -0.1) is 0 Å². The van der Waals surface area contributed by atoms with Gasteiger partial charge in [0.25, 0.3) is 0 Å². The van der Waals surface area contributed by atoms with Crippen molar-refractivity contribution in [2.24, 2.45) is 0 Å². The summed E-state index contributed by atoms with van der Waals surface area (Å²) < 4.78 is 24.3. The number of benzene rings is 3. The quantitative estimate of drug-likeness (QED) is 0.178. The fourth-order valence-electron chi connectivity index (χ4n) is 4.04. The van der Waals surface area contributed by atoms with Crippen molar-refractivity contribution in [3.8, 4) is 17.2 Å². The predicted molar refractivity (Wildman–Crippen MR) is 135 cm³/mol. The van der Waals surface area contributed by atoms with E-state index in [9.17, 15) is 14.7 Å². The van der Waals surface area contributed by atoms with E-state index in [-0.39, 0.29) is 52.7 Å². The topological polar surface area (TPSA) is 111 Å². The van der Waals surface area contributed by atoms with Crippen molar-refractivity contribution in [2.45, 2.75) is 13.3 Å². The minimum atomic E-state index is -1.47. The zero-order chi connectivity index (χ0) is 25.8. The maximum Gasteiger partial charge on any atom is 1.00 e. The minimum Gasteiger partial charge on any atom is -0.545 e. The Kier molecular flexibility index (Phi) is 9.45. The molecule has 0 saturated heterocycles. The van der Waals surface area contributed by atoms with E-state index in [1.54, 1.807) is 49.6 Å². The zero-order valence-corrected chi connectivity index (χ0v) is 24.0. The van der Waals surface area contributed by atoms with E-state index in [0.717, 1.165) is 22.9 Å². The number of carboxylic acid groups (broad SMARTS) is 1. The van der Waals surface area contributed by atoms with Gasteiger partial charge in [-0.3, -0.25) is 4.79 Å². The van der Waals surface area contributed by atoms with Crippen molar-refractivity contribution in [1.82, 2.24) is 8.75 Å². The van der Waals surface area contributed by atoms with Gasteiger partial charge in [-0.05, 0) is 60.0 Å². The van der Waals surface area contributed by atoms with E-state index >= 15 is 0 Å². The Labute approximate surface area is 240 Å². The first-order valence-electron chi connectivity index (χ1n) is 10.9. The average molecular weight is 527 g/mol. The Balaban J connectivity index is 0.00000380. The summed E-state index contributed by atoms with van der Waals surface area (Å²) in [4.78, 5) is 26.4. The third-order valence-corrected chi connectivity index (χ3v) is 6.37. The van der Waals surface area contributed by atoms with Crippen LogP contribution in [-0.4, -0.2) is 41.8 Å². The Morgan fingerprint density at radius 3 is 2.11 bits per heavy atom. The number of hydrogen-bond donors (Lipinski definition) is 0. The van der Waals surface area contributed by atoms with E-state index in [2.05, 4.69) is 8.75 Å². The van der Waals surface area contributed by atoms with Crippen LogP contribution < -0.4 is 48.9 Å². The predicted octanol–water partition coefficient (Wildman–Crippen LogP) is 0.659. The number of ether oxygens (including phenoxy) is 3. The number of Topliss-reactive ketones (excluding diaryl/α,β-unsaturated/α-hetero) is 1. The van der Waals surface area contributed by atoms with E-state index in [1.807, 2.05) is 13.0 Å². The molecule has 1 aromatic heterocycles. The van der Waals surface area contributed by atoms with Crippen LogP contribution in [0.4, 0.5) is 0 Å². The third-order valence-electron chi connectivity index (χ3n) is 5.81. The number of ketones is 1. The van der Waals surface area contributed by atoms with Crippen LogP contribution in [0.15, 0.2) is 60.2 Å². The van der Waals surface area contributed by atoms with Gasteiger partial charge in [0.15, 0.2) is 17.3 Å². The number of carbonyl (C=O) groups excluding carboxylic acids is 2. The van der Waals surface area contributed by atoms with Crippen molar-refractivity contribution < 1.29 is 58.5 Å². The second kappa shape index (κ2) is 12.3.